The van der Waals surface area contributed by atoms with Crippen LogP contribution in [0, 0.1) is 11.8 Å². The van der Waals surface area contributed by atoms with Gasteiger partial charge >= 0.3 is 6.18 Å². The van der Waals surface area contributed by atoms with Crippen LogP contribution in [0.5, 0.6) is 0 Å². The number of aromatic nitrogens is 1. The number of piperazine rings is 1. The number of halogens is 3. The van der Waals surface area contributed by atoms with Crippen LogP contribution in [0.25, 0.3) is 11.1 Å². The second-order valence-electron chi connectivity index (χ2n) is 11.3. The van der Waals surface area contributed by atoms with Gasteiger partial charge in [0.2, 0.25) is 5.91 Å². The number of amides is 1. The molecule has 2 aromatic heterocycles. The maximum absolute atomic E-state index is 13.3. The number of likely N-dealkylation sites (tertiary alicyclic amines) is 1. The van der Waals surface area contributed by atoms with Crippen LogP contribution in [0.15, 0.2) is 47.8 Å². The van der Waals surface area contributed by atoms with Gasteiger partial charge in [-0.15, -0.1) is 11.3 Å². The molecule has 4 heterocycles. The predicted molar refractivity (Wildman–Crippen MR) is 161 cm³/mol. The molecule has 0 bridgehead atoms. The van der Waals surface area contributed by atoms with Crippen LogP contribution in [0.2, 0.25) is 0 Å². The molecule has 224 valence electrons. The minimum atomic E-state index is -4.37. The predicted octanol–water partition coefficient (Wildman–Crippen LogP) is 7.14. The zero-order valence-electron chi connectivity index (χ0n) is 24.6. The standard InChI is InChI=1S/C31H37F3N4OS.CHN/c1-20(2)29-25(22-9-11-23(12-10-22)31(32,33)34)18-26(27-8-5-13-36(27)4)30(35-29)37-14-15-38(21(3)19-37)28(39)17-24-7-6-16-40-24;1-2/h6-7,9-12,16,18,20-21,27H,5,8,13-15,17,19H2,1-4H3;1H/t21?,27-;/m1./s1. The molecule has 0 aliphatic carbocycles. The second kappa shape index (κ2) is 13.3. The number of carbonyl (C=O) groups is 1. The summed E-state index contributed by atoms with van der Waals surface area (Å²) in [5, 5.41) is 8.50. The van der Waals surface area contributed by atoms with E-state index in [0.29, 0.717) is 26.1 Å². The molecular weight excluding hydrogens is 559 g/mol. The number of alkyl halides is 3. The highest BCUT2D eigenvalue weighted by molar-refractivity contribution is 7.10. The third-order valence-electron chi connectivity index (χ3n) is 8.16. The maximum Gasteiger partial charge on any atom is 0.416 e. The molecule has 2 atom stereocenters. The zero-order valence-corrected chi connectivity index (χ0v) is 25.4. The molecule has 1 amide bonds. The number of hydrogen-bond donors (Lipinski definition) is 0. The Labute approximate surface area is 250 Å². The lowest BCUT2D eigenvalue weighted by molar-refractivity contribution is -0.137. The molecule has 6 nitrogen and oxygen atoms in total. The third-order valence-corrected chi connectivity index (χ3v) is 9.04. The molecule has 2 aliphatic heterocycles. The summed E-state index contributed by atoms with van der Waals surface area (Å²) in [5.74, 6) is 1.17. The molecule has 0 radical (unpaired) electrons. The second-order valence-corrected chi connectivity index (χ2v) is 12.4. The lowest BCUT2D eigenvalue weighted by atomic mass is 9.92. The number of thiophene rings is 1. The van der Waals surface area contributed by atoms with Crippen molar-refractivity contribution < 1.29 is 18.0 Å². The highest BCUT2D eigenvalue weighted by atomic mass is 32.1. The Kier molecular flexibility index (Phi) is 9.95. The van der Waals surface area contributed by atoms with Gasteiger partial charge in [-0.2, -0.15) is 13.2 Å². The molecule has 42 heavy (non-hydrogen) atoms. The van der Waals surface area contributed by atoms with Gasteiger partial charge in [-0.05, 0) is 74.5 Å². The van der Waals surface area contributed by atoms with Crippen LogP contribution in [0.4, 0.5) is 19.0 Å². The molecule has 1 unspecified atom stereocenters. The summed E-state index contributed by atoms with van der Waals surface area (Å²) >= 11 is 1.61. The molecule has 3 aromatic rings. The quantitative estimate of drug-likeness (QED) is 0.302. The highest BCUT2D eigenvalue weighted by Gasteiger charge is 2.34. The minimum Gasteiger partial charge on any atom is -0.353 e. The summed E-state index contributed by atoms with van der Waals surface area (Å²) in [5.41, 5.74) is 2.98. The zero-order chi connectivity index (χ0) is 30.6. The van der Waals surface area contributed by atoms with Crippen molar-refractivity contribution in [2.75, 3.05) is 38.1 Å². The molecule has 1 aromatic carbocycles. The summed E-state index contributed by atoms with van der Waals surface area (Å²) in [7, 11) is 2.12. The number of hydrogen-bond acceptors (Lipinski definition) is 6. The van der Waals surface area contributed by atoms with Crippen LogP contribution in [0.1, 0.15) is 67.3 Å². The Balaban J connectivity index is 0.00000198. The van der Waals surface area contributed by atoms with E-state index in [0.717, 1.165) is 64.6 Å². The molecule has 5 rings (SSSR count). The first-order valence-electron chi connectivity index (χ1n) is 14.3. The molecule has 2 aliphatic rings. The SMILES string of the molecule is C#N.CC(C)c1nc(N2CCN(C(=O)Cc3cccs3)C(C)C2)c([C@H]2CCCN2C)cc1-c1ccc(C(F)(F)F)cc1. The molecule has 2 saturated heterocycles. The van der Waals surface area contributed by atoms with Crippen molar-refractivity contribution in [3.05, 3.63) is 69.5 Å². The van der Waals surface area contributed by atoms with Gasteiger partial charge in [0, 0.05) is 54.3 Å². The first kappa shape index (κ1) is 31.5. The van der Waals surface area contributed by atoms with Crippen molar-refractivity contribution in [1.29, 1.82) is 5.26 Å². The molecule has 10 heteroatoms. The van der Waals surface area contributed by atoms with Gasteiger partial charge in [0.15, 0.2) is 0 Å². The Bertz CT molecular complexity index is 1370. The van der Waals surface area contributed by atoms with Gasteiger partial charge in [-0.1, -0.05) is 32.0 Å². The van der Waals surface area contributed by atoms with E-state index in [4.69, 9.17) is 10.2 Å². The largest absolute Gasteiger partial charge is 0.416 e. The lowest BCUT2D eigenvalue weighted by Gasteiger charge is -2.42. The average molecular weight is 598 g/mol. The van der Waals surface area contributed by atoms with E-state index in [2.05, 4.69) is 50.3 Å². The van der Waals surface area contributed by atoms with E-state index in [-0.39, 0.29) is 23.9 Å². The van der Waals surface area contributed by atoms with Gasteiger partial charge in [0.1, 0.15) is 5.82 Å². The topological polar surface area (TPSA) is 63.5 Å². The van der Waals surface area contributed by atoms with Crippen molar-refractivity contribution >= 4 is 23.1 Å². The van der Waals surface area contributed by atoms with Crippen molar-refractivity contribution in [3.63, 3.8) is 0 Å². The van der Waals surface area contributed by atoms with Gasteiger partial charge in [0.05, 0.1) is 17.7 Å². The molecule has 0 spiro atoms. The number of benzene rings is 1. The summed E-state index contributed by atoms with van der Waals surface area (Å²) < 4.78 is 39.8. The third kappa shape index (κ3) is 6.79. The summed E-state index contributed by atoms with van der Waals surface area (Å²) in [6, 6.07) is 11.8. The number of rotatable bonds is 6. The summed E-state index contributed by atoms with van der Waals surface area (Å²) in [6.07, 6.45) is -1.85. The van der Waals surface area contributed by atoms with Crippen molar-refractivity contribution in [1.82, 2.24) is 14.8 Å². The summed E-state index contributed by atoms with van der Waals surface area (Å²) in [6.45, 7) is 12.7. The van der Waals surface area contributed by atoms with Crippen LogP contribution >= 0.6 is 11.3 Å². The fourth-order valence-electron chi connectivity index (χ4n) is 6.03. The number of carbonyl (C=O) groups excluding carboxylic acids is 1. The first-order chi connectivity index (χ1) is 20.0. The molecule has 2 fully saturated rings. The van der Waals surface area contributed by atoms with Crippen LogP contribution < -0.4 is 4.90 Å². The molecular formula is C32H38F3N5OS. The van der Waals surface area contributed by atoms with Crippen molar-refractivity contribution in [3.8, 4) is 17.7 Å². The monoisotopic (exact) mass is 597 g/mol. The van der Waals surface area contributed by atoms with Gasteiger partial charge in [0.25, 0.3) is 0 Å². The van der Waals surface area contributed by atoms with E-state index >= 15 is 0 Å². The Morgan fingerprint density at radius 2 is 1.86 bits per heavy atom. The number of nitriles is 1. The van der Waals surface area contributed by atoms with E-state index in [9.17, 15) is 18.0 Å². The van der Waals surface area contributed by atoms with Gasteiger partial charge in [-0.3, -0.25) is 9.69 Å². The Morgan fingerprint density at radius 3 is 2.40 bits per heavy atom. The van der Waals surface area contributed by atoms with Crippen LogP contribution in [-0.2, 0) is 17.4 Å². The number of anilines is 1. The fraction of sp³-hybridized carbons (Fsp3) is 0.469. The average Bonchev–Trinajstić information content (AvgIpc) is 3.64. The molecule has 0 saturated carbocycles. The van der Waals surface area contributed by atoms with Crippen molar-refractivity contribution in [2.45, 2.75) is 64.2 Å². The van der Waals surface area contributed by atoms with Gasteiger partial charge in [-0.25, -0.2) is 10.2 Å². The smallest absolute Gasteiger partial charge is 0.353 e. The van der Waals surface area contributed by atoms with Crippen molar-refractivity contribution in [2.24, 2.45) is 0 Å². The normalized spacial score (nSPS) is 19.6. The number of nitrogens with zero attached hydrogens (tertiary/aromatic N) is 5. The van der Waals surface area contributed by atoms with E-state index < -0.39 is 11.7 Å². The van der Waals surface area contributed by atoms with E-state index in [1.165, 1.54) is 0 Å². The first-order valence-corrected chi connectivity index (χ1v) is 15.2. The fourth-order valence-corrected chi connectivity index (χ4v) is 6.72. The number of pyridine rings is 1. The van der Waals surface area contributed by atoms with E-state index in [1.807, 2.05) is 22.4 Å². The van der Waals surface area contributed by atoms with Crippen LogP contribution in [0.3, 0.4) is 0 Å². The van der Waals surface area contributed by atoms with Gasteiger partial charge < -0.3 is 9.80 Å². The van der Waals surface area contributed by atoms with Crippen LogP contribution in [-0.4, -0.2) is 60.0 Å². The summed E-state index contributed by atoms with van der Waals surface area (Å²) in [4.78, 5) is 26.1. The molecule has 0 N–H and O–H groups in total. The van der Waals surface area contributed by atoms with E-state index in [1.54, 1.807) is 23.5 Å². The Hall–Kier alpha value is -3.42. The Morgan fingerprint density at radius 1 is 1.14 bits per heavy atom. The maximum atomic E-state index is 13.3. The lowest BCUT2D eigenvalue weighted by Crippen LogP contribution is -2.55. The minimum absolute atomic E-state index is 0.0364. The highest BCUT2D eigenvalue weighted by Crippen LogP contribution is 2.41.